The molecule has 5 nitrogen and oxygen atoms in total. The molecule has 23 heavy (non-hydrogen) atoms. The molecule has 1 unspecified atom stereocenters. The van der Waals surface area contributed by atoms with Gasteiger partial charge in [-0.1, -0.05) is 0 Å². The minimum absolute atomic E-state index is 0.0179. The predicted molar refractivity (Wildman–Crippen MR) is 74.6 cm³/mol. The lowest BCUT2D eigenvalue weighted by atomic mass is 9.83. The van der Waals surface area contributed by atoms with Crippen molar-refractivity contribution < 1.29 is 22.7 Å². The number of carbonyl (C=O) groups is 1. The number of ether oxygens (including phenoxy) is 1. The van der Waals surface area contributed by atoms with Crippen molar-refractivity contribution in [1.82, 2.24) is 9.88 Å². The predicted octanol–water partition coefficient (Wildman–Crippen LogP) is 2.31. The van der Waals surface area contributed by atoms with Gasteiger partial charge in [0, 0.05) is 24.9 Å². The lowest BCUT2D eigenvalue weighted by Crippen LogP contribution is -2.52. The number of carbonyl (C=O) groups excluding carboxylic acids is 1. The summed E-state index contributed by atoms with van der Waals surface area (Å²) in [6, 6.07) is 1.92. The molecule has 0 aromatic carbocycles. The van der Waals surface area contributed by atoms with Gasteiger partial charge in [-0.15, -0.1) is 0 Å². The number of aromatic nitrogens is 1. The molecule has 0 radical (unpaired) electrons. The van der Waals surface area contributed by atoms with Crippen LogP contribution in [0.15, 0.2) is 12.4 Å². The fourth-order valence-corrected chi connectivity index (χ4v) is 2.28. The molecule has 124 valence electrons. The van der Waals surface area contributed by atoms with E-state index in [1.807, 2.05) is 6.07 Å². The summed E-state index contributed by atoms with van der Waals surface area (Å²) in [5.41, 5.74) is -1.82. The molecule has 0 bridgehead atoms. The van der Waals surface area contributed by atoms with Gasteiger partial charge < -0.3 is 9.64 Å². The summed E-state index contributed by atoms with van der Waals surface area (Å²) in [6.45, 7) is -0.0639. The molecule has 0 fully saturated rings. The van der Waals surface area contributed by atoms with Gasteiger partial charge in [0.05, 0.1) is 13.1 Å². The van der Waals surface area contributed by atoms with E-state index in [9.17, 15) is 18.0 Å². The van der Waals surface area contributed by atoms with Crippen LogP contribution in [0.4, 0.5) is 13.2 Å². The van der Waals surface area contributed by atoms with Gasteiger partial charge in [0.25, 0.3) is 5.92 Å². The largest absolute Gasteiger partial charge is 0.490 e. The first-order chi connectivity index (χ1) is 10.7. The third-order valence-electron chi connectivity index (χ3n) is 4.05. The molecule has 0 saturated heterocycles. The highest BCUT2D eigenvalue weighted by Gasteiger charge is 2.54. The van der Waals surface area contributed by atoms with Crippen LogP contribution in [0.2, 0.25) is 0 Å². The summed E-state index contributed by atoms with van der Waals surface area (Å²) in [7, 11) is 0. The summed E-state index contributed by atoms with van der Waals surface area (Å²) in [6.07, 6.45) is 2.72. The normalized spacial score (nSPS) is 17.3. The molecular formula is C15H16F3N3O2. The van der Waals surface area contributed by atoms with Crippen LogP contribution in [0.25, 0.3) is 0 Å². The Bertz CT molecular complexity index is 654. The summed E-state index contributed by atoms with van der Waals surface area (Å²) >= 11 is 0. The SMILES string of the molecule is CC(F)(F)C(C)(CF)C(=O)N1CCOc2c(C#N)cncc2C1. The molecule has 1 amide bonds. The zero-order valence-corrected chi connectivity index (χ0v) is 12.8. The fourth-order valence-electron chi connectivity index (χ4n) is 2.28. The number of hydrogen-bond acceptors (Lipinski definition) is 4. The topological polar surface area (TPSA) is 66.2 Å². The maximum atomic E-state index is 13.7. The molecule has 1 aliphatic rings. The van der Waals surface area contributed by atoms with E-state index in [1.165, 1.54) is 12.4 Å². The van der Waals surface area contributed by atoms with E-state index in [2.05, 4.69) is 4.98 Å². The van der Waals surface area contributed by atoms with Gasteiger partial charge in [-0.2, -0.15) is 5.26 Å². The minimum Gasteiger partial charge on any atom is -0.490 e. The first kappa shape index (κ1) is 17.1. The van der Waals surface area contributed by atoms with Crippen molar-refractivity contribution >= 4 is 5.91 Å². The maximum absolute atomic E-state index is 13.7. The van der Waals surface area contributed by atoms with Gasteiger partial charge in [0.15, 0.2) is 0 Å². The van der Waals surface area contributed by atoms with Crippen LogP contribution in [0.5, 0.6) is 5.75 Å². The summed E-state index contributed by atoms with van der Waals surface area (Å²) in [5, 5.41) is 9.04. The van der Waals surface area contributed by atoms with Gasteiger partial charge in [-0.05, 0) is 6.92 Å². The Labute approximate surface area is 131 Å². The van der Waals surface area contributed by atoms with E-state index in [-0.39, 0.29) is 31.0 Å². The van der Waals surface area contributed by atoms with E-state index in [4.69, 9.17) is 10.00 Å². The van der Waals surface area contributed by atoms with Crippen molar-refractivity contribution in [1.29, 1.82) is 5.26 Å². The molecule has 1 aromatic heterocycles. The average Bonchev–Trinajstić information content (AvgIpc) is 2.74. The van der Waals surface area contributed by atoms with Gasteiger partial charge in [0.1, 0.15) is 36.1 Å². The Morgan fingerprint density at radius 3 is 2.74 bits per heavy atom. The average molecular weight is 327 g/mol. The molecule has 0 spiro atoms. The second kappa shape index (κ2) is 6.07. The van der Waals surface area contributed by atoms with E-state index >= 15 is 0 Å². The number of nitrogens with zero attached hydrogens (tertiary/aromatic N) is 3. The number of rotatable bonds is 3. The Kier molecular flexibility index (Phi) is 4.50. The summed E-state index contributed by atoms with van der Waals surface area (Å²) in [5.74, 6) is -4.23. The third kappa shape index (κ3) is 2.96. The number of alkyl halides is 3. The molecule has 1 atom stereocenters. The number of halogens is 3. The number of hydrogen-bond donors (Lipinski definition) is 0. The number of fused-ring (bicyclic) bond motifs is 1. The van der Waals surface area contributed by atoms with Crippen molar-refractivity contribution in [3.05, 3.63) is 23.5 Å². The van der Waals surface area contributed by atoms with Crippen LogP contribution < -0.4 is 4.74 Å². The lowest BCUT2D eigenvalue weighted by Gasteiger charge is -2.35. The third-order valence-corrected chi connectivity index (χ3v) is 4.05. The first-order valence-corrected chi connectivity index (χ1v) is 6.97. The van der Waals surface area contributed by atoms with E-state index in [0.29, 0.717) is 12.5 Å². The Balaban J connectivity index is 2.35. The minimum atomic E-state index is -3.51. The van der Waals surface area contributed by atoms with E-state index in [1.54, 1.807) is 0 Å². The summed E-state index contributed by atoms with van der Waals surface area (Å²) in [4.78, 5) is 17.5. The Hall–Kier alpha value is -2.30. The number of amides is 1. The number of pyridine rings is 1. The smallest absolute Gasteiger partial charge is 0.261 e. The fraction of sp³-hybridized carbons (Fsp3) is 0.533. The van der Waals surface area contributed by atoms with Gasteiger partial charge in [0.2, 0.25) is 5.91 Å². The van der Waals surface area contributed by atoms with Crippen LogP contribution in [-0.4, -0.2) is 41.5 Å². The summed E-state index contributed by atoms with van der Waals surface area (Å²) < 4.78 is 46.1. The van der Waals surface area contributed by atoms with Crippen LogP contribution in [-0.2, 0) is 11.3 Å². The van der Waals surface area contributed by atoms with Gasteiger partial charge in [-0.25, -0.2) is 13.2 Å². The standard InChI is InChI=1S/C15H16F3N3O2/c1-14(9-16,15(2,17)18)13(22)21-3-4-23-12-10(5-19)6-20-7-11(12)8-21/h6-7H,3-4,8-9H2,1-2H3. The Morgan fingerprint density at radius 2 is 2.17 bits per heavy atom. The molecule has 0 aliphatic carbocycles. The molecule has 2 rings (SSSR count). The Morgan fingerprint density at radius 1 is 1.48 bits per heavy atom. The highest BCUT2D eigenvalue weighted by atomic mass is 19.3. The highest BCUT2D eigenvalue weighted by molar-refractivity contribution is 5.83. The van der Waals surface area contributed by atoms with Crippen molar-refractivity contribution in [3.8, 4) is 11.8 Å². The molecule has 0 saturated carbocycles. The molecule has 8 heteroatoms. The van der Waals surface area contributed by atoms with Crippen molar-refractivity contribution in [3.63, 3.8) is 0 Å². The van der Waals surface area contributed by atoms with Crippen molar-refractivity contribution in [2.75, 3.05) is 19.8 Å². The molecule has 0 N–H and O–H groups in total. The zero-order chi connectivity index (χ0) is 17.3. The van der Waals surface area contributed by atoms with Gasteiger partial charge in [-0.3, -0.25) is 9.78 Å². The molecule has 1 aliphatic heterocycles. The van der Waals surface area contributed by atoms with Crippen LogP contribution in [0, 0.1) is 16.7 Å². The first-order valence-electron chi connectivity index (χ1n) is 6.97. The van der Waals surface area contributed by atoms with Crippen LogP contribution in [0.3, 0.4) is 0 Å². The lowest BCUT2D eigenvalue weighted by molar-refractivity contribution is -0.169. The van der Waals surface area contributed by atoms with E-state index < -0.39 is 23.9 Å². The quantitative estimate of drug-likeness (QED) is 0.854. The maximum Gasteiger partial charge on any atom is 0.261 e. The van der Waals surface area contributed by atoms with Crippen LogP contribution >= 0.6 is 0 Å². The second-order valence-corrected chi connectivity index (χ2v) is 5.72. The second-order valence-electron chi connectivity index (χ2n) is 5.72. The number of nitriles is 1. The molecular weight excluding hydrogens is 311 g/mol. The van der Waals surface area contributed by atoms with Crippen molar-refractivity contribution in [2.45, 2.75) is 26.3 Å². The van der Waals surface area contributed by atoms with Gasteiger partial charge >= 0.3 is 0 Å². The van der Waals surface area contributed by atoms with Crippen molar-refractivity contribution in [2.24, 2.45) is 5.41 Å². The molecule has 2 heterocycles. The van der Waals surface area contributed by atoms with E-state index in [0.717, 1.165) is 11.8 Å². The monoisotopic (exact) mass is 327 g/mol. The zero-order valence-electron chi connectivity index (χ0n) is 12.8. The van der Waals surface area contributed by atoms with Crippen LogP contribution in [0.1, 0.15) is 25.0 Å². The highest BCUT2D eigenvalue weighted by Crippen LogP contribution is 2.39. The molecule has 1 aromatic rings.